The van der Waals surface area contributed by atoms with Crippen LogP contribution < -0.4 is 11.1 Å². The van der Waals surface area contributed by atoms with E-state index >= 15 is 0 Å². The van der Waals surface area contributed by atoms with Crippen molar-refractivity contribution in [3.8, 4) is 0 Å². The monoisotopic (exact) mass is 228 g/mol. The Morgan fingerprint density at radius 3 is 2.60 bits per heavy atom. The van der Waals surface area contributed by atoms with Gasteiger partial charge in [-0.1, -0.05) is 0 Å². The maximum Gasteiger partial charge on any atom is 0.223 e. The molecule has 2 aliphatic rings. The van der Waals surface area contributed by atoms with Crippen LogP contribution in [0.1, 0.15) is 32.1 Å². The first-order valence-electron chi connectivity index (χ1n) is 5.84. The normalized spacial score (nSPS) is 25.7. The van der Waals surface area contributed by atoms with Crippen LogP contribution in [0.4, 0.5) is 0 Å². The van der Waals surface area contributed by atoms with Gasteiger partial charge in [-0.2, -0.15) is 11.8 Å². The summed E-state index contributed by atoms with van der Waals surface area (Å²) in [6.45, 7) is 0.676. The summed E-state index contributed by atoms with van der Waals surface area (Å²) in [6.07, 6.45) is 5.41. The molecule has 1 aliphatic heterocycles. The van der Waals surface area contributed by atoms with E-state index < -0.39 is 0 Å². The lowest BCUT2D eigenvalue weighted by molar-refractivity contribution is -0.125. The molecule has 0 bridgehead atoms. The lowest BCUT2D eigenvalue weighted by Gasteiger charge is -2.38. The predicted octanol–water partition coefficient (Wildman–Crippen LogP) is 1.13. The summed E-state index contributed by atoms with van der Waals surface area (Å²) in [7, 11) is 0. The van der Waals surface area contributed by atoms with Gasteiger partial charge >= 0.3 is 0 Å². The van der Waals surface area contributed by atoms with Gasteiger partial charge in [0, 0.05) is 18.0 Å². The standard InChI is InChI=1S/C11H20N2OS/c12-11(4-1-5-11)8-13-10(14)9-2-6-15-7-3-9/h9H,1-8,12H2,(H,13,14). The molecule has 1 saturated heterocycles. The van der Waals surface area contributed by atoms with Crippen molar-refractivity contribution >= 4 is 17.7 Å². The zero-order chi connectivity index (χ0) is 10.7. The molecule has 2 fully saturated rings. The van der Waals surface area contributed by atoms with E-state index in [2.05, 4.69) is 5.32 Å². The third kappa shape index (κ3) is 2.88. The minimum absolute atomic E-state index is 0.0842. The fraction of sp³-hybridized carbons (Fsp3) is 0.909. The molecular weight excluding hydrogens is 208 g/mol. The second-order valence-electron chi connectivity index (χ2n) is 4.82. The molecule has 0 unspecified atom stereocenters. The lowest BCUT2D eigenvalue weighted by atomic mass is 9.77. The van der Waals surface area contributed by atoms with Crippen molar-refractivity contribution in [2.75, 3.05) is 18.1 Å². The van der Waals surface area contributed by atoms with Crippen molar-refractivity contribution in [2.24, 2.45) is 11.7 Å². The van der Waals surface area contributed by atoms with E-state index in [1.807, 2.05) is 11.8 Å². The second kappa shape index (κ2) is 4.74. The van der Waals surface area contributed by atoms with Crippen molar-refractivity contribution in [1.82, 2.24) is 5.32 Å². The van der Waals surface area contributed by atoms with Gasteiger partial charge in [0.15, 0.2) is 0 Å². The molecule has 15 heavy (non-hydrogen) atoms. The van der Waals surface area contributed by atoms with E-state index in [-0.39, 0.29) is 17.4 Å². The number of nitrogens with two attached hydrogens (primary N) is 1. The maximum absolute atomic E-state index is 11.8. The van der Waals surface area contributed by atoms with Crippen molar-refractivity contribution in [1.29, 1.82) is 0 Å². The van der Waals surface area contributed by atoms with Crippen molar-refractivity contribution in [3.63, 3.8) is 0 Å². The van der Waals surface area contributed by atoms with Crippen molar-refractivity contribution < 1.29 is 4.79 Å². The number of nitrogens with one attached hydrogen (secondary N) is 1. The summed E-state index contributed by atoms with van der Waals surface area (Å²) >= 11 is 1.95. The Bertz CT molecular complexity index is 235. The number of hydrogen-bond acceptors (Lipinski definition) is 3. The predicted molar refractivity (Wildman–Crippen MR) is 63.8 cm³/mol. The van der Waals surface area contributed by atoms with Gasteiger partial charge in [-0.25, -0.2) is 0 Å². The third-order valence-electron chi connectivity index (χ3n) is 3.56. The quantitative estimate of drug-likeness (QED) is 0.761. The molecular formula is C11H20N2OS. The van der Waals surface area contributed by atoms with Gasteiger partial charge in [0.1, 0.15) is 0 Å². The van der Waals surface area contributed by atoms with E-state index in [4.69, 9.17) is 5.73 Å². The van der Waals surface area contributed by atoms with Crippen molar-refractivity contribution in [3.05, 3.63) is 0 Å². The average Bonchev–Trinajstić information content (AvgIpc) is 2.24. The number of amides is 1. The molecule has 4 heteroatoms. The Morgan fingerprint density at radius 1 is 1.40 bits per heavy atom. The van der Waals surface area contributed by atoms with Gasteiger partial charge in [0.2, 0.25) is 5.91 Å². The van der Waals surface area contributed by atoms with Gasteiger partial charge in [-0.05, 0) is 43.6 Å². The van der Waals surface area contributed by atoms with Gasteiger partial charge < -0.3 is 11.1 Å². The van der Waals surface area contributed by atoms with Gasteiger partial charge in [-0.3, -0.25) is 4.79 Å². The second-order valence-corrected chi connectivity index (χ2v) is 6.05. The van der Waals surface area contributed by atoms with Crippen LogP contribution in [0.2, 0.25) is 0 Å². The molecule has 1 heterocycles. The zero-order valence-corrected chi connectivity index (χ0v) is 9.94. The SMILES string of the molecule is NC1(CNC(=O)C2CCSCC2)CCC1. The molecule has 2 rings (SSSR count). The fourth-order valence-corrected chi connectivity index (χ4v) is 3.28. The summed E-state index contributed by atoms with van der Waals surface area (Å²) in [6, 6.07) is 0. The topological polar surface area (TPSA) is 55.1 Å². The molecule has 0 aromatic carbocycles. The Labute approximate surface area is 95.6 Å². The van der Waals surface area contributed by atoms with Crippen LogP contribution in [0.25, 0.3) is 0 Å². The van der Waals surface area contributed by atoms with E-state index in [9.17, 15) is 4.79 Å². The highest BCUT2D eigenvalue weighted by molar-refractivity contribution is 7.99. The highest BCUT2D eigenvalue weighted by atomic mass is 32.2. The summed E-state index contributed by atoms with van der Waals surface area (Å²) in [5.74, 6) is 2.74. The minimum Gasteiger partial charge on any atom is -0.354 e. The Balaban J connectivity index is 1.71. The molecule has 3 N–H and O–H groups in total. The molecule has 0 aromatic rings. The summed E-state index contributed by atoms with van der Waals surface area (Å²) < 4.78 is 0. The van der Waals surface area contributed by atoms with Crippen LogP contribution in [-0.2, 0) is 4.79 Å². The van der Waals surface area contributed by atoms with E-state index in [1.54, 1.807) is 0 Å². The van der Waals surface area contributed by atoms with Crippen LogP contribution in [0, 0.1) is 5.92 Å². The van der Waals surface area contributed by atoms with Crippen LogP contribution in [-0.4, -0.2) is 29.5 Å². The number of rotatable bonds is 3. The van der Waals surface area contributed by atoms with E-state index in [1.165, 1.54) is 6.42 Å². The molecule has 1 aliphatic carbocycles. The molecule has 0 spiro atoms. The van der Waals surface area contributed by atoms with E-state index in [0.29, 0.717) is 6.54 Å². The molecule has 86 valence electrons. The highest BCUT2D eigenvalue weighted by Gasteiger charge is 2.33. The highest BCUT2D eigenvalue weighted by Crippen LogP contribution is 2.28. The first-order chi connectivity index (χ1) is 7.20. The van der Waals surface area contributed by atoms with Crippen LogP contribution in [0.5, 0.6) is 0 Å². The molecule has 0 aromatic heterocycles. The number of carbonyl (C=O) groups is 1. The van der Waals surface area contributed by atoms with Crippen molar-refractivity contribution in [2.45, 2.75) is 37.6 Å². The summed E-state index contributed by atoms with van der Waals surface area (Å²) in [5, 5.41) is 3.02. The number of thioether (sulfide) groups is 1. The number of hydrogen-bond donors (Lipinski definition) is 2. The third-order valence-corrected chi connectivity index (χ3v) is 4.60. The Hall–Kier alpha value is -0.220. The summed E-state index contributed by atoms with van der Waals surface area (Å²) in [4.78, 5) is 11.8. The van der Waals surface area contributed by atoms with E-state index in [0.717, 1.165) is 37.2 Å². The van der Waals surface area contributed by atoms with Crippen LogP contribution >= 0.6 is 11.8 Å². The average molecular weight is 228 g/mol. The first kappa shape index (κ1) is 11.3. The molecule has 0 atom stereocenters. The van der Waals surface area contributed by atoms with Gasteiger partial charge in [0.25, 0.3) is 0 Å². The first-order valence-corrected chi connectivity index (χ1v) is 6.99. The van der Waals surface area contributed by atoms with Crippen LogP contribution in [0.15, 0.2) is 0 Å². The summed E-state index contributed by atoms with van der Waals surface area (Å²) in [5.41, 5.74) is 5.98. The number of carbonyl (C=O) groups excluding carboxylic acids is 1. The molecule has 1 amide bonds. The maximum atomic E-state index is 11.8. The Morgan fingerprint density at radius 2 is 2.07 bits per heavy atom. The zero-order valence-electron chi connectivity index (χ0n) is 9.13. The smallest absolute Gasteiger partial charge is 0.223 e. The Kier molecular flexibility index (Phi) is 3.57. The van der Waals surface area contributed by atoms with Gasteiger partial charge in [0.05, 0.1) is 0 Å². The molecule has 0 radical (unpaired) electrons. The lowest BCUT2D eigenvalue weighted by Crippen LogP contribution is -2.55. The van der Waals surface area contributed by atoms with Gasteiger partial charge in [-0.15, -0.1) is 0 Å². The fourth-order valence-electron chi connectivity index (χ4n) is 2.17. The molecule has 1 saturated carbocycles. The molecule has 3 nitrogen and oxygen atoms in total. The van der Waals surface area contributed by atoms with Crippen LogP contribution in [0.3, 0.4) is 0 Å². The minimum atomic E-state index is -0.0842. The largest absolute Gasteiger partial charge is 0.354 e.